The van der Waals surface area contributed by atoms with Gasteiger partial charge in [0.05, 0.1) is 20.1 Å². The maximum absolute atomic E-state index is 12.7. The lowest BCUT2D eigenvalue weighted by Gasteiger charge is -2.14. The highest BCUT2D eigenvalue weighted by atomic mass is 16.5. The Morgan fingerprint density at radius 1 is 1.03 bits per heavy atom. The van der Waals surface area contributed by atoms with Crippen LogP contribution in [-0.2, 0) is 16.0 Å². The monoisotopic (exact) mass is 398 g/mol. The van der Waals surface area contributed by atoms with Gasteiger partial charge in [0.1, 0.15) is 5.76 Å². The van der Waals surface area contributed by atoms with Gasteiger partial charge >= 0.3 is 5.97 Å². The highest BCUT2D eigenvalue weighted by Crippen LogP contribution is 2.29. The van der Waals surface area contributed by atoms with Crippen molar-refractivity contribution >= 4 is 12.0 Å². The van der Waals surface area contributed by atoms with Crippen molar-refractivity contribution in [3.05, 3.63) is 65.4 Å². The zero-order chi connectivity index (χ0) is 21.4. The molecule has 1 atom stereocenters. The number of phenols is 2. The zero-order valence-corrected chi connectivity index (χ0v) is 17.0. The van der Waals surface area contributed by atoms with Gasteiger partial charge in [-0.3, -0.25) is 4.79 Å². The number of aromatic hydroxyl groups is 2. The lowest BCUT2D eigenvalue weighted by atomic mass is 9.97. The van der Waals surface area contributed by atoms with Crippen molar-refractivity contribution in [1.82, 2.24) is 0 Å². The van der Waals surface area contributed by atoms with Gasteiger partial charge in [0.25, 0.3) is 0 Å². The van der Waals surface area contributed by atoms with Gasteiger partial charge in [-0.1, -0.05) is 24.3 Å². The molecule has 2 aromatic carbocycles. The molecule has 2 rings (SSSR count). The predicted octanol–water partition coefficient (Wildman–Crippen LogP) is 4.45. The molecule has 0 saturated heterocycles. The fourth-order valence-corrected chi connectivity index (χ4v) is 2.65. The van der Waals surface area contributed by atoms with E-state index in [1.165, 1.54) is 26.4 Å². The van der Waals surface area contributed by atoms with Crippen LogP contribution >= 0.6 is 0 Å². The van der Waals surface area contributed by atoms with Crippen molar-refractivity contribution in [3.63, 3.8) is 0 Å². The molecule has 2 aromatic rings. The average Bonchev–Trinajstić information content (AvgIpc) is 2.72. The van der Waals surface area contributed by atoms with Gasteiger partial charge in [0.2, 0.25) is 0 Å². The van der Waals surface area contributed by atoms with Crippen LogP contribution in [0.2, 0.25) is 0 Å². The smallest absolute Gasteiger partial charge is 0.318 e. The first-order valence-corrected chi connectivity index (χ1v) is 9.13. The van der Waals surface area contributed by atoms with E-state index in [4.69, 9.17) is 14.2 Å². The molecule has 2 N–H and O–H groups in total. The molecule has 0 saturated carbocycles. The van der Waals surface area contributed by atoms with E-state index in [1.807, 2.05) is 0 Å². The third kappa shape index (κ3) is 6.04. The van der Waals surface area contributed by atoms with Crippen molar-refractivity contribution in [2.24, 2.45) is 5.92 Å². The summed E-state index contributed by atoms with van der Waals surface area (Å²) in [6.45, 7) is 3.51. The lowest BCUT2D eigenvalue weighted by Crippen LogP contribution is -2.17. The summed E-state index contributed by atoms with van der Waals surface area (Å²) in [5, 5.41) is 19.5. The SMILES string of the molecule is C/C=C(\C)OC(=O)C(/C=C/c1ccc(O)c(OC)c1)Cc1ccc(O)c(OC)c1. The van der Waals surface area contributed by atoms with Crippen molar-refractivity contribution in [2.75, 3.05) is 14.2 Å². The average molecular weight is 398 g/mol. The second kappa shape index (κ2) is 10.2. The van der Waals surface area contributed by atoms with Gasteiger partial charge in [0.15, 0.2) is 23.0 Å². The summed E-state index contributed by atoms with van der Waals surface area (Å²) in [6, 6.07) is 9.88. The first-order chi connectivity index (χ1) is 13.9. The minimum atomic E-state index is -0.570. The molecule has 0 spiro atoms. The van der Waals surface area contributed by atoms with E-state index in [2.05, 4.69) is 0 Å². The predicted molar refractivity (Wildman–Crippen MR) is 111 cm³/mol. The normalized spacial score (nSPS) is 12.6. The van der Waals surface area contributed by atoms with Crippen LogP contribution in [0.15, 0.2) is 54.3 Å². The summed E-state index contributed by atoms with van der Waals surface area (Å²) in [6.07, 6.45) is 5.60. The highest BCUT2D eigenvalue weighted by molar-refractivity contribution is 5.77. The Morgan fingerprint density at radius 3 is 2.28 bits per heavy atom. The number of ether oxygens (including phenoxy) is 3. The number of hydrogen-bond donors (Lipinski definition) is 2. The topological polar surface area (TPSA) is 85.2 Å². The van der Waals surface area contributed by atoms with Crippen molar-refractivity contribution in [2.45, 2.75) is 20.3 Å². The Balaban J connectivity index is 2.30. The van der Waals surface area contributed by atoms with E-state index < -0.39 is 11.9 Å². The second-order valence-electron chi connectivity index (χ2n) is 6.43. The van der Waals surface area contributed by atoms with Crippen LogP contribution in [0.4, 0.5) is 0 Å². The van der Waals surface area contributed by atoms with Gasteiger partial charge in [-0.25, -0.2) is 0 Å². The largest absolute Gasteiger partial charge is 0.504 e. The molecule has 0 aromatic heterocycles. The van der Waals surface area contributed by atoms with Gasteiger partial charge < -0.3 is 24.4 Å². The number of carbonyl (C=O) groups excluding carboxylic acids is 1. The fraction of sp³-hybridized carbons (Fsp3) is 0.261. The van der Waals surface area contributed by atoms with Crippen LogP contribution in [0, 0.1) is 5.92 Å². The molecule has 0 heterocycles. The Bertz CT molecular complexity index is 914. The molecule has 6 heteroatoms. The number of carbonyl (C=O) groups is 1. The Hall–Kier alpha value is -3.41. The molecule has 154 valence electrons. The van der Waals surface area contributed by atoms with Gasteiger partial charge in [-0.2, -0.15) is 0 Å². The lowest BCUT2D eigenvalue weighted by molar-refractivity contribution is -0.142. The summed E-state index contributed by atoms with van der Waals surface area (Å²) in [5.74, 6) is 0.315. The van der Waals surface area contributed by atoms with Gasteiger partial charge in [-0.15, -0.1) is 0 Å². The van der Waals surface area contributed by atoms with Crippen LogP contribution in [0.25, 0.3) is 6.08 Å². The fourth-order valence-electron chi connectivity index (χ4n) is 2.65. The van der Waals surface area contributed by atoms with E-state index in [0.29, 0.717) is 23.7 Å². The standard InChI is InChI=1S/C23H26O6/c1-5-15(2)29-23(26)18(12-17-8-11-20(25)22(14-17)28-4)9-6-16-7-10-19(24)21(13-16)27-3/h5-11,13-14,18,24-25H,12H2,1-4H3/b9-6+,15-5+. The highest BCUT2D eigenvalue weighted by Gasteiger charge is 2.19. The summed E-state index contributed by atoms with van der Waals surface area (Å²) < 4.78 is 15.7. The van der Waals surface area contributed by atoms with E-state index in [0.717, 1.165) is 11.1 Å². The van der Waals surface area contributed by atoms with Crippen LogP contribution in [0.3, 0.4) is 0 Å². The molecule has 0 aliphatic rings. The zero-order valence-electron chi connectivity index (χ0n) is 17.0. The molecule has 6 nitrogen and oxygen atoms in total. The maximum Gasteiger partial charge on any atom is 0.318 e. The van der Waals surface area contributed by atoms with Gasteiger partial charge in [-0.05, 0) is 61.7 Å². The molecular formula is C23H26O6. The quantitative estimate of drug-likeness (QED) is 0.505. The minimum absolute atomic E-state index is 0.0341. The second-order valence-corrected chi connectivity index (χ2v) is 6.43. The minimum Gasteiger partial charge on any atom is -0.504 e. The van der Waals surface area contributed by atoms with E-state index >= 15 is 0 Å². The van der Waals surface area contributed by atoms with Crippen molar-refractivity contribution in [1.29, 1.82) is 0 Å². The van der Waals surface area contributed by atoms with Crippen LogP contribution in [0.1, 0.15) is 25.0 Å². The van der Waals surface area contributed by atoms with E-state index in [1.54, 1.807) is 56.3 Å². The van der Waals surface area contributed by atoms with E-state index in [9.17, 15) is 15.0 Å². The molecule has 0 radical (unpaired) electrons. The molecule has 0 aliphatic heterocycles. The molecule has 0 amide bonds. The molecule has 1 unspecified atom stereocenters. The third-order valence-electron chi connectivity index (χ3n) is 4.40. The Kier molecular flexibility index (Phi) is 7.71. The van der Waals surface area contributed by atoms with Crippen LogP contribution in [-0.4, -0.2) is 30.4 Å². The number of benzene rings is 2. The summed E-state index contributed by atoms with van der Waals surface area (Å²) >= 11 is 0. The Morgan fingerprint density at radius 2 is 1.66 bits per heavy atom. The number of esters is 1. The van der Waals surface area contributed by atoms with E-state index in [-0.39, 0.29) is 11.5 Å². The molecule has 29 heavy (non-hydrogen) atoms. The summed E-state index contributed by atoms with van der Waals surface area (Å²) in [7, 11) is 2.94. The molecule has 0 fully saturated rings. The third-order valence-corrected chi connectivity index (χ3v) is 4.40. The van der Waals surface area contributed by atoms with Crippen molar-refractivity contribution in [3.8, 4) is 23.0 Å². The Labute approximate surface area is 170 Å². The summed E-state index contributed by atoms with van der Waals surface area (Å²) in [5.41, 5.74) is 1.58. The number of allylic oxidation sites excluding steroid dienone is 2. The van der Waals surface area contributed by atoms with Crippen LogP contribution < -0.4 is 9.47 Å². The molecule has 0 bridgehead atoms. The van der Waals surface area contributed by atoms with Gasteiger partial charge in [0, 0.05) is 0 Å². The number of methoxy groups -OCH3 is 2. The number of hydrogen-bond acceptors (Lipinski definition) is 6. The van der Waals surface area contributed by atoms with Crippen LogP contribution in [0.5, 0.6) is 23.0 Å². The molecular weight excluding hydrogens is 372 g/mol. The number of phenolic OH excluding ortho intramolecular Hbond substituents is 2. The first-order valence-electron chi connectivity index (χ1n) is 9.13. The maximum atomic E-state index is 12.7. The summed E-state index contributed by atoms with van der Waals surface area (Å²) in [4.78, 5) is 12.7. The number of rotatable bonds is 8. The van der Waals surface area contributed by atoms with Crippen molar-refractivity contribution < 1.29 is 29.2 Å². The molecule has 0 aliphatic carbocycles. The first kappa shape index (κ1) is 21.9.